The Bertz CT molecular complexity index is 1190. The first-order valence-corrected chi connectivity index (χ1v) is 10.7. The van der Waals surface area contributed by atoms with Gasteiger partial charge < -0.3 is 15.7 Å². The largest absolute Gasteiger partial charge is 0.481 e. The highest BCUT2D eigenvalue weighted by molar-refractivity contribution is 6.12. The number of hydrazine groups is 1. The van der Waals surface area contributed by atoms with Crippen LogP contribution in [0.5, 0.6) is 0 Å². The molecule has 0 aromatic heterocycles. The third-order valence-corrected chi connectivity index (χ3v) is 5.09. The average Bonchev–Trinajstić information content (AvgIpc) is 2.84. The van der Waals surface area contributed by atoms with E-state index in [-0.39, 0.29) is 18.2 Å². The van der Waals surface area contributed by atoms with Crippen molar-refractivity contribution >= 4 is 34.8 Å². The molecule has 174 valence electrons. The van der Waals surface area contributed by atoms with Gasteiger partial charge in [-0.3, -0.25) is 19.4 Å². The second kappa shape index (κ2) is 11.4. The maximum absolute atomic E-state index is 13.0. The molecule has 8 nitrogen and oxygen atoms in total. The molecule has 0 heterocycles. The van der Waals surface area contributed by atoms with Gasteiger partial charge in [0.05, 0.1) is 16.9 Å². The number of aliphatic carboxylic acids is 1. The summed E-state index contributed by atoms with van der Waals surface area (Å²) in [6.07, 6.45) is 2.65. The summed E-state index contributed by atoms with van der Waals surface area (Å²) in [7, 11) is 0. The van der Waals surface area contributed by atoms with Crippen LogP contribution in [0.15, 0.2) is 85.6 Å². The Kier molecular flexibility index (Phi) is 8.15. The normalized spacial score (nSPS) is 10.3. The molecule has 8 heteroatoms. The molecule has 0 radical (unpaired) electrons. The molecule has 5 N–H and O–H groups in total. The number of nitrogens with one attached hydrogen (secondary N) is 2. The molecule has 0 atom stereocenters. The summed E-state index contributed by atoms with van der Waals surface area (Å²) in [6, 6.07) is 20.6. The third kappa shape index (κ3) is 6.54. The number of carboxylic acid groups (broad SMARTS) is 1. The molecule has 3 aromatic carbocycles. The molecule has 34 heavy (non-hydrogen) atoms. The smallest absolute Gasteiger partial charge is 0.303 e. The maximum Gasteiger partial charge on any atom is 0.303 e. The number of nitrogens with zero attached hydrogens (tertiary/aromatic N) is 1. The van der Waals surface area contributed by atoms with Gasteiger partial charge in [0.25, 0.3) is 11.8 Å². The molecule has 0 aliphatic rings. The first-order chi connectivity index (χ1) is 16.4. The van der Waals surface area contributed by atoms with E-state index in [0.717, 1.165) is 5.56 Å². The number of carbonyl (C=O) groups is 3. The lowest BCUT2D eigenvalue weighted by atomic mass is 10.1. The van der Waals surface area contributed by atoms with Crippen molar-refractivity contribution in [3.63, 3.8) is 0 Å². The fourth-order valence-corrected chi connectivity index (χ4v) is 3.32. The zero-order valence-electron chi connectivity index (χ0n) is 18.5. The number of para-hydroxylation sites is 1. The molecule has 0 aliphatic carbocycles. The number of carboxylic acids is 1. The van der Waals surface area contributed by atoms with Crippen LogP contribution in [0, 0.1) is 0 Å². The van der Waals surface area contributed by atoms with E-state index in [4.69, 9.17) is 10.9 Å². The van der Waals surface area contributed by atoms with Crippen LogP contribution in [0.3, 0.4) is 0 Å². The average molecular weight is 459 g/mol. The third-order valence-electron chi connectivity index (χ3n) is 5.09. The van der Waals surface area contributed by atoms with Gasteiger partial charge in [-0.05, 0) is 66.9 Å². The highest BCUT2D eigenvalue weighted by Gasteiger charge is 2.15. The van der Waals surface area contributed by atoms with Crippen molar-refractivity contribution in [1.82, 2.24) is 0 Å². The lowest BCUT2D eigenvalue weighted by molar-refractivity contribution is -0.137. The first-order valence-electron chi connectivity index (χ1n) is 10.7. The van der Waals surface area contributed by atoms with E-state index in [1.54, 1.807) is 60.7 Å². The van der Waals surface area contributed by atoms with Gasteiger partial charge >= 0.3 is 5.97 Å². The highest BCUT2D eigenvalue weighted by Crippen LogP contribution is 2.20. The summed E-state index contributed by atoms with van der Waals surface area (Å²) in [5, 5.41) is 15.8. The molecular weight excluding hydrogens is 432 g/mol. The summed E-state index contributed by atoms with van der Waals surface area (Å²) >= 11 is 0. The summed E-state index contributed by atoms with van der Waals surface area (Å²) in [5.41, 5.74) is 3.28. The number of nitrogens with two attached hydrogens (primary N) is 1. The summed E-state index contributed by atoms with van der Waals surface area (Å²) in [4.78, 5) is 36.4. The Balaban J connectivity index is 1.70. The number of aryl methyl sites for hydroxylation is 1. The van der Waals surface area contributed by atoms with Crippen molar-refractivity contribution in [2.24, 2.45) is 5.84 Å². The number of amides is 2. The predicted molar refractivity (Wildman–Crippen MR) is 133 cm³/mol. The number of hydrogen-bond donors (Lipinski definition) is 4. The minimum absolute atomic E-state index is 0.0884. The van der Waals surface area contributed by atoms with E-state index >= 15 is 0 Å². The molecular formula is C26H26N4O4. The second-order valence-electron chi connectivity index (χ2n) is 7.54. The van der Waals surface area contributed by atoms with E-state index in [1.165, 1.54) is 11.2 Å². The van der Waals surface area contributed by atoms with Gasteiger partial charge in [-0.25, -0.2) is 5.84 Å². The molecule has 2 amide bonds. The SMILES string of the molecule is C=CN(N)c1ccc(C(=O)Nc2ccccc2C(=O)Nc2cccc(CCCC(=O)O)c2)cc1. The van der Waals surface area contributed by atoms with Crippen LogP contribution in [0.1, 0.15) is 39.1 Å². The van der Waals surface area contributed by atoms with E-state index in [0.29, 0.717) is 41.0 Å². The first kappa shape index (κ1) is 24.2. The molecule has 0 spiro atoms. The quantitative estimate of drug-likeness (QED) is 0.263. The highest BCUT2D eigenvalue weighted by atomic mass is 16.4. The van der Waals surface area contributed by atoms with Crippen LogP contribution in [-0.2, 0) is 11.2 Å². The maximum atomic E-state index is 13.0. The van der Waals surface area contributed by atoms with Crippen molar-refractivity contribution in [2.75, 3.05) is 15.6 Å². The summed E-state index contributed by atoms with van der Waals surface area (Å²) in [5.74, 6) is 4.17. The van der Waals surface area contributed by atoms with Gasteiger partial charge in [0, 0.05) is 23.9 Å². The van der Waals surface area contributed by atoms with Crippen LogP contribution in [0.4, 0.5) is 17.1 Å². The van der Waals surface area contributed by atoms with Crippen LogP contribution in [-0.4, -0.2) is 22.9 Å². The molecule has 0 unspecified atom stereocenters. The molecule has 3 rings (SSSR count). The summed E-state index contributed by atoms with van der Waals surface area (Å²) < 4.78 is 0. The van der Waals surface area contributed by atoms with Gasteiger partial charge in [-0.1, -0.05) is 30.8 Å². The van der Waals surface area contributed by atoms with E-state index in [2.05, 4.69) is 17.2 Å². The molecule has 0 bridgehead atoms. The van der Waals surface area contributed by atoms with Crippen molar-refractivity contribution in [3.05, 3.63) is 102 Å². The van der Waals surface area contributed by atoms with Crippen LogP contribution < -0.4 is 21.5 Å². The van der Waals surface area contributed by atoms with Gasteiger partial charge in [0.15, 0.2) is 0 Å². The zero-order valence-corrected chi connectivity index (χ0v) is 18.5. The Hall–Kier alpha value is -4.43. The fraction of sp³-hybridized carbons (Fsp3) is 0.115. The number of benzene rings is 3. The standard InChI is InChI=1S/C26H26N4O4/c1-2-30(27)21-15-13-19(14-16-21)25(33)29-23-11-4-3-10-22(23)26(34)28-20-9-5-7-18(17-20)8-6-12-24(31)32/h2-5,7,9-11,13-17H,1,6,8,12,27H2,(H,28,34)(H,29,33)(H,31,32). The monoisotopic (exact) mass is 458 g/mol. The Morgan fingerprint density at radius 3 is 2.38 bits per heavy atom. The van der Waals surface area contributed by atoms with Gasteiger partial charge in [-0.2, -0.15) is 0 Å². The number of anilines is 3. The minimum Gasteiger partial charge on any atom is -0.481 e. The van der Waals surface area contributed by atoms with Crippen molar-refractivity contribution in [1.29, 1.82) is 0 Å². The zero-order chi connectivity index (χ0) is 24.5. The Morgan fingerprint density at radius 2 is 1.68 bits per heavy atom. The molecule has 3 aromatic rings. The minimum atomic E-state index is -0.836. The van der Waals surface area contributed by atoms with Crippen LogP contribution in [0.2, 0.25) is 0 Å². The van der Waals surface area contributed by atoms with Gasteiger partial charge in [0.2, 0.25) is 0 Å². The lowest BCUT2D eigenvalue weighted by Crippen LogP contribution is -2.23. The number of hydrogen-bond acceptors (Lipinski definition) is 5. The van der Waals surface area contributed by atoms with Crippen LogP contribution >= 0.6 is 0 Å². The van der Waals surface area contributed by atoms with E-state index in [1.807, 2.05) is 12.1 Å². The Labute approximate surface area is 197 Å². The van der Waals surface area contributed by atoms with Crippen molar-refractivity contribution in [3.8, 4) is 0 Å². The van der Waals surface area contributed by atoms with Crippen LogP contribution in [0.25, 0.3) is 0 Å². The number of carbonyl (C=O) groups excluding carboxylic acids is 2. The molecule has 0 fully saturated rings. The van der Waals surface area contributed by atoms with Crippen molar-refractivity contribution < 1.29 is 19.5 Å². The molecule has 0 aliphatic heterocycles. The fourth-order valence-electron chi connectivity index (χ4n) is 3.32. The van der Waals surface area contributed by atoms with Gasteiger partial charge in [-0.15, -0.1) is 0 Å². The molecule has 0 saturated carbocycles. The van der Waals surface area contributed by atoms with E-state index in [9.17, 15) is 14.4 Å². The van der Waals surface area contributed by atoms with Crippen molar-refractivity contribution in [2.45, 2.75) is 19.3 Å². The predicted octanol–water partition coefficient (Wildman–Crippen LogP) is 4.42. The lowest BCUT2D eigenvalue weighted by Gasteiger charge is -2.14. The number of rotatable bonds is 10. The second-order valence-corrected chi connectivity index (χ2v) is 7.54. The van der Waals surface area contributed by atoms with E-state index < -0.39 is 5.97 Å². The van der Waals surface area contributed by atoms with Gasteiger partial charge in [0.1, 0.15) is 0 Å². The Morgan fingerprint density at radius 1 is 0.941 bits per heavy atom. The molecule has 0 saturated heterocycles. The summed E-state index contributed by atoms with van der Waals surface area (Å²) in [6.45, 7) is 3.59. The topological polar surface area (TPSA) is 125 Å².